The maximum absolute atomic E-state index is 12.9. The molecule has 1 unspecified atom stereocenters. The predicted molar refractivity (Wildman–Crippen MR) is 344 cm³/mol. The monoisotopic (exact) mass is 1100 g/mol. The van der Waals surface area contributed by atoms with Gasteiger partial charge in [-0.1, -0.05) is 292 Å². The number of hydrogen-bond donors (Lipinski definition) is 0. The number of carbonyl (C=O) groups is 3. The normalized spacial score (nSPS) is 12.6. The molecule has 0 N–H and O–H groups in total. The first-order chi connectivity index (χ1) is 39.0. The first-order valence-corrected chi connectivity index (χ1v) is 34.1. The number of esters is 3. The molecule has 1 atom stereocenters. The van der Waals surface area contributed by atoms with Gasteiger partial charge in [-0.05, 0) is 116 Å². The van der Waals surface area contributed by atoms with Crippen molar-refractivity contribution in [2.24, 2.45) is 0 Å². The van der Waals surface area contributed by atoms with Crippen LogP contribution in [-0.4, -0.2) is 37.2 Å². The van der Waals surface area contributed by atoms with Crippen molar-refractivity contribution in [3.63, 3.8) is 0 Å². The molecule has 0 fully saturated rings. The van der Waals surface area contributed by atoms with E-state index in [0.717, 1.165) is 96.3 Å². The fraction of sp³-hybridized carbons (Fsp3) is 0.767. The Morgan fingerprint density at radius 3 is 0.810 bits per heavy atom. The molecule has 0 saturated heterocycles. The lowest BCUT2D eigenvalue weighted by Gasteiger charge is -2.18. The summed E-state index contributed by atoms with van der Waals surface area (Å²) in [5.74, 6) is -0.875. The number of hydrogen-bond acceptors (Lipinski definition) is 6. The van der Waals surface area contributed by atoms with Crippen molar-refractivity contribution >= 4 is 17.9 Å². The molecule has 0 amide bonds. The average molecular weight is 1100 g/mol. The molecule has 0 saturated carbocycles. The van der Waals surface area contributed by atoms with Crippen LogP contribution in [0.2, 0.25) is 0 Å². The van der Waals surface area contributed by atoms with E-state index in [-0.39, 0.29) is 31.1 Å². The van der Waals surface area contributed by atoms with Crippen LogP contribution in [0.4, 0.5) is 0 Å². The molecule has 0 bridgehead atoms. The maximum atomic E-state index is 12.9. The van der Waals surface area contributed by atoms with E-state index in [1.165, 1.54) is 205 Å². The summed E-state index contributed by atoms with van der Waals surface area (Å²) in [6.07, 6.45) is 88.8. The molecule has 0 heterocycles. The van der Waals surface area contributed by atoms with Gasteiger partial charge in [-0.3, -0.25) is 14.4 Å². The van der Waals surface area contributed by atoms with E-state index in [1.807, 2.05) is 0 Å². The zero-order valence-electron chi connectivity index (χ0n) is 52.4. The summed E-state index contributed by atoms with van der Waals surface area (Å²) < 4.78 is 17.0. The first kappa shape index (κ1) is 75.6. The molecule has 456 valence electrons. The molecule has 6 nitrogen and oxygen atoms in total. The van der Waals surface area contributed by atoms with Crippen LogP contribution in [0.1, 0.15) is 342 Å². The summed E-state index contributed by atoms with van der Waals surface area (Å²) in [4.78, 5) is 38.4. The zero-order valence-corrected chi connectivity index (χ0v) is 52.4. The third kappa shape index (κ3) is 65.3. The van der Waals surface area contributed by atoms with Gasteiger partial charge in [0.25, 0.3) is 0 Å². The highest BCUT2D eigenvalue weighted by Crippen LogP contribution is 2.17. The minimum atomic E-state index is -0.784. The Bertz CT molecular complexity index is 1500. The molecule has 0 aromatic heterocycles. The van der Waals surface area contributed by atoms with Gasteiger partial charge in [0.2, 0.25) is 0 Å². The van der Waals surface area contributed by atoms with Gasteiger partial charge in [-0.25, -0.2) is 0 Å². The van der Waals surface area contributed by atoms with E-state index in [9.17, 15) is 14.4 Å². The standard InChI is InChI=1S/C73H128O6/c1-4-7-10-13-16-19-22-25-28-31-32-33-34-35-36-37-38-39-40-43-45-48-51-54-57-60-63-66-72(75)78-69-70(79-73(76)67-64-61-58-55-52-49-46-42-30-27-24-21-18-15-12-9-6-3)68-77-71(74)65-62-59-56-53-50-47-44-41-29-26-23-20-17-14-11-8-5-2/h7,10,16,18-19,21,25-30,32-33,70H,4-6,8-9,11-15,17,20,22-24,31,34-69H2,1-3H3/b10-7-,19-16-,21-18-,28-25-,29-26-,30-27-,33-32-. The summed E-state index contributed by atoms with van der Waals surface area (Å²) in [6, 6.07) is 0. The Balaban J connectivity index is 4.30. The van der Waals surface area contributed by atoms with Gasteiger partial charge in [0.05, 0.1) is 0 Å². The molecule has 0 radical (unpaired) electrons. The molecular formula is C73H128O6. The van der Waals surface area contributed by atoms with Crippen LogP contribution < -0.4 is 0 Å². The Hall–Kier alpha value is -3.41. The Labute approximate surface area is 490 Å². The van der Waals surface area contributed by atoms with Gasteiger partial charge in [0, 0.05) is 19.3 Å². The third-order valence-electron chi connectivity index (χ3n) is 14.9. The summed E-state index contributed by atoms with van der Waals surface area (Å²) >= 11 is 0. The minimum Gasteiger partial charge on any atom is -0.462 e. The smallest absolute Gasteiger partial charge is 0.306 e. The number of ether oxygens (including phenoxy) is 3. The summed E-state index contributed by atoms with van der Waals surface area (Å²) in [7, 11) is 0. The molecule has 6 heteroatoms. The molecule has 0 aromatic carbocycles. The van der Waals surface area contributed by atoms with Crippen LogP contribution in [0, 0.1) is 0 Å². The second-order valence-corrected chi connectivity index (χ2v) is 22.7. The van der Waals surface area contributed by atoms with Gasteiger partial charge >= 0.3 is 17.9 Å². The van der Waals surface area contributed by atoms with Crippen LogP contribution in [0.15, 0.2) is 85.1 Å². The van der Waals surface area contributed by atoms with Crippen LogP contribution >= 0.6 is 0 Å². The first-order valence-electron chi connectivity index (χ1n) is 34.1. The Morgan fingerprint density at radius 1 is 0.266 bits per heavy atom. The number of rotatable bonds is 62. The molecule has 0 rings (SSSR count). The van der Waals surface area contributed by atoms with Gasteiger partial charge < -0.3 is 14.2 Å². The molecule has 0 aliphatic rings. The molecule has 0 aliphatic carbocycles. The Kier molecular flexibility index (Phi) is 64.2. The molecule has 0 aromatic rings. The second-order valence-electron chi connectivity index (χ2n) is 22.7. The van der Waals surface area contributed by atoms with E-state index >= 15 is 0 Å². The van der Waals surface area contributed by atoms with Crippen LogP contribution in [0.25, 0.3) is 0 Å². The van der Waals surface area contributed by atoms with Gasteiger partial charge in [-0.15, -0.1) is 0 Å². The highest BCUT2D eigenvalue weighted by atomic mass is 16.6. The van der Waals surface area contributed by atoms with Crippen molar-refractivity contribution in [1.29, 1.82) is 0 Å². The molecular weight excluding hydrogens is 973 g/mol. The van der Waals surface area contributed by atoms with Crippen LogP contribution in [-0.2, 0) is 28.6 Å². The van der Waals surface area contributed by atoms with Crippen molar-refractivity contribution in [3.05, 3.63) is 85.1 Å². The van der Waals surface area contributed by atoms with E-state index in [1.54, 1.807) is 0 Å². The van der Waals surface area contributed by atoms with Crippen molar-refractivity contribution in [1.82, 2.24) is 0 Å². The zero-order chi connectivity index (χ0) is 57.1. The van der Waals surface area contributed by atoms with Gasteiger partial charge in [-0.2, -0.15) is 0 Å². The molecule has 79 heavy (non-hydrogen) atoms. The van der Waals surface area contributed by atoms with Crippen molar-refractivity contribution < 1.29 is 28.6 Å². The fourth-order valence-corrected chi connectivity index (χ4v) is 9.76. The topological polar surface area (TPSA) is 78.9 Å². The van der Waals surface area contributed by atoms with E-state index in [0.29, 0.717) is 19.3 Å². The Morgan fingerprint density at radius 2 is 0.494 bits per heavy atom. The van der Waals surface area contributed by atoms with Crippen molar-refractivity contribution in [2.45, 2.75) is 348 Å². The quantitative estimate of drug-likeness (QED) is 0.0261. The van der Waals surface area contributed by atoms with Gasteiger partial charge in [0.1, 0.15) is 13.2 Å². The lowest BCUT2D eigenvalue weighted by Crippen LogP contribution is -2.30. The van der Waals surface area contributed by atoms with Crippen LogP contribution in [0.3, 0.4) is 0 Å². The number of carbonyl (C=O) groups excluding carboxylic acids is 3. The minimum absolute atomic E-state index is 0.0790. The SMILES string of the molecule is CC/C=C\C/C=C\C/C=C\C/C=C\CCCCCCCCCCCCCCCCC(=O)OCC(COC(=O)CCCCCCCCC/C=C\CCCCCCCC)OC(=O)CCCCCCCCC/C=C\C/C=C\CCCCC. The largest absolute Gasteiger partial charge is 0.462 e. The molecule has 0 aliphatic heterocycles. The summed E-state index contributed by atoms with van der Waals surface area (Å²) in [5.41, 5.74) is 0. The lowest BCUT2D eigenvalue weighted by molar-refractivity contribution is -0.167. The summed E-state index contributed by atoms with van der Waals surface area (Å²) in [6.45, 7) is 6.53. The van der Waals surface area contributed by atoms with E-state index < -0.39 is 6.10 Å². The number of unbranched alkanes of at least 4 members (excludes halogenated alkanes) is 37. The third-order valence-corrected chi connectivity index (χ3v) is 14.9. The second kappa shape index (κ2) is 67.1. The molecule has 0 spiro atoms. The van der Waals surface area contributed by atoms with E-state index in [4.69, 9.17) is 14.2 Å². The van der Waals surface area contributed by atoms with E-state index in [2.05, 4.69) is 106 Å². The fourth-order valence-electron chi connectivity index (χ4n) is 9.76. The van der Waals surface area contributed by atoms with Gasteiger partial charge in [0.15, 0.2) is 6.10 Å². The maximum Gasteiger partial charge on any atom is 0.306 e. The van der Waals surface area contributed by atoms with Crippen molar-refractivity contribution in [2.75, 3.05) is 13.2 Å². The number of allylic oxidation sites excluding steroid dienone is 14. The predicted octanol–water partition coefficient (Wildman–Crippen LogP) is 23.4. The summed E-state index contributed by atoms with van der Waals surface area (Å²) in [5, 5.41) is 0. The highest BCUT2D eigenvalue weighted by molar-refractivity contribution is 5.71. The lowest BCUT2D eigenvalue weighted by atomic mass is 10.0. The van der Waals surface area contributed by atoms with Crippen molar-refractivity contribution in [3.8, 4) is 0 Å². The van der Waals surface area contributed by atoms with Crippen LogP contribution in [0.5, 0.6) is 0 Å². The highest BCUT2D eigenvalue weighted by Gasteiger charge is 2.19. The average Bonchev–Trinajstić information content (AvgIpc) is 3.45.